The van der Waals surface area contributed by atoms with Crippen molar-refractivity contribution in [3.05, 3.63) is 0 Å². The first kappa shape index (κ1) is 39.7. The van der Waals surface area contributed by atoms with E-state index in [9.17, 15) is 19.2 Å². The van der Waals surface area contributed by atoms with Gasteiger partial charge in [-0.25, -0.2) is 0 Å². The molecular weight excluding hydrogens is 548 g/mol. The standard InChI is InChI=1S/C30H56N2O10/c1-27(2,3)40-24(34)10-13-30(14-11-25(35)41-28(4,5)6,15-12-26(36)42-29(7,8)9)32-23(33)22-39-21-20-38-19-18-37-17-16-31/h10-22,31H2,1-9H3,(H,32,33). The highest BCUT2D eigenvalue weighted by molar-refractivity contribution is 5.79. The maximum atomic E-state index is 13.0. The number of carbonyl (C=O) groups excluding carboxylic acids is 4. The van der Waals surface area contributed by atoms with E-state index in [0.29, 0.717) is 26.4 Å². The number of nitrogens with two attached hydrogens (primary N) is 1. The number of rotatable bonds is 20. The second-order valence-corrected chi connectivity index (χ2v) is 13.2. The molecule has 3 N–H and O–H groups in total. The topological polar surface area (TPSA) is 162 Å². The Morgan fingerprint density at radius 1 is 0.548 bits per heavy atom. The quantitative estimate of drug-likeness (QED) is 0.119. The van der Waals surface area contributed by atoms with E-state index in [-0.39, 0.29) is 58.3 Å². The summed E-state index contributed by atoms with van der Waals surface area (Å²) in [5, 5.41) is 2.95. The minimum atomic E-state index is -1.11. The van der Waals surface area contributed by atoms with Crippen LogP contribution in [0.1, 0.15) is 101 Å². The third-order valence-electron chi connectivity index (χ3n) is 5.33. The summed E-state index contributed by atoms with van der Waals surface area (Å²) < 4.78 is 32.5. The molecule has 0 aliphatic rings. The van der Waals surface area contributed by atoms with Crippen molar-refractivity contribution in [3.63, 3.8) is 0 Å². The molecule has 246 valence electrons. The number of esters is 3. The van der Waals surface area contributed by atoms with Crippen LogP contribution in [0.5, 0.6) is 0 Å². The summed E-state index contributed by atoms with van der Waals surface area (Å²) in [6.45, 7) is 17.7. The first-order valence-electron chi connectivity index (χ1n) is 14.7. The Balaban J connectivity index is 5.59. The van der Waals surface area contributed by atoms with Crippen LogP contribution in [0.15, 0.2) is 0 Å². The molecule has 12 heteroatoms. The van der Waals surface area contributed by atoms with Crippen LogP contribution in [-0.4, -0.2) is 92.3 Å². The van der Waals surface area contributed by atoms with Crippen LogP contribution < -0.4 is 11.1 Å². The van der Waals surface area contributed by atoms with E-state index in [1.54, 1.807) is 62.3 Å². The largest absolute Gasteiger partial charge is 0.460 e. The van der Waals surface area contributed by atoms with Gasteiger partial charge < -0.3 is 39.5 Å². The zero-order chi connectivity index (χ0) is 32.5. The number of hydrogen-bond acceptors (Lipinski definition) is 11. The second kappa shape index (κ2) is 19.1. The van der Waals surface area contributed by atoms with E-state index in [2.05, 4.69) is 5.32 Å². The number of nitrogens with one attached hydrogen (secondary N) is 1. The zero-order valence-electron chi connectivity index (χ0n) is 27.4. The average Bonchev–Trinajstić information content (AvgIpc) is 2.80. The number of amides is 1. The zero-order valence-corrected chi connectivity index (χ0v) is 27.4. The fourth-order valence-corrected chi connectivity index (χ4v) is 3.78. The lowest BCUT2D eigenvalue weighted by molar-refractivity contribution is -0.156. The lowest BCUT2D eigenvalue weighted by Gasteiger charge is -2.35. The molecule has 1 amide bonds. The number of ether oxygens (including phenoxy) is 6. The van der Waals surface area contributed by atoms with Gasteiger partial charge in [0.1, 0.15) is 23.4 Å². The Labute approximate surface area is 252 Å². The Bertz CT molecular complexity index is 747. The molecule has 0 spiro atoms. The molecule has 0 atom stereocenters. The molecule has 0 heterocycles. The van der Waals surface area contributed by atoms with Crippen LogP contribution in [0.4, 0.5) is 0 Å². The maximum absolute atomic E-state index is 13.0. The van der Waals surface area contributed by atoms with Crippen molar-refractivity contribution < 1.29 is 47.6 Å². The third kappa shape index (κ3) is 23.3. The van der Waals surface area contributed by atoms with Gasteiger partial charge in [0.05, 0.1) is 33.0 Å². The molecule has 42 heavy (non-hydrogen) atoms. The highest BCUT2D eigenvalue weighted by Crippen LogP contribution is 2.28. The summed E-state index contributed by atoms with van der Waals surface area (Å²) in [6, 6.07) is 0. The van der Waals surface area contributed by atoms with Gasteiger partial charge in [-0.05, 0) is 81.6 Å². The van der Waals surface area contributed by atoms with Gasteiger partial charge in [-0.15, -0.1) is 0 Å². The summed E-state index contributed by atoms with van der Waals surface area (Å²) in [4.78, 5) is 50.9. The first-order chi connectivity index (χ1) is 19.3. The van der Waals surface area contributed by atoms with Crippen LogP contribution in [0.3, 0.4) is 0 Å². The predicted molar refractivity (Wildman–Crippen MR) is 158 cm³/mol. The van der Waals surface area contributed by atoms with Gasteiger partial charge in [-0.2, -0.15) is 0 Å². The normalized spacial score (nSPS) is 12.5. The van der Waals surface area contributed by atoms with Crippen molar-refractivity contribution in [3.8, 4) is 0 Å². The molecule has 12 nitrogen and oxygen atoms in total. The Morgan fingerprint density at radius 2 is 0.881 bits per heavy atom. The summed E-state index contributed by atoms with van der Waals surface area (Å²) in [7, 11) is 0. The van der Waals surface area contributed by atoms with Crippen LogP contribution in [-0.2, 0) is 47.6 Å². The monoisotopic (exact) mass is 604 g/mol. The molecule has 0 aromatic heterocycles. The fourth-order valence-electron chi connectivity index (χ4n) is 3.78. The summed E-state index contributed by atoms with van der Waals surface area (Å²) >= 11 is 0. The molecule has 0 aliphatic heterocycles. The van der Waals surface area contributed by atoms with Gasteiger partial charge in [0.25, 0.3) is 0 Å². The van der Waals surface area contributed by atoms with Gasteiger partial charge in [0, 0.05) is 31.3 Å². The minimum absolute atomic E-state index is 0.0406. The van der Waals surface area contributed by atoms with Crippen molar-refractivity contribution >= 4 is 23.8 Å². The van der Waals surface area contributed by atoms with Gasteiger partial charge in [0.15, 0.2) is 0 Å². The molecule has 0 unspecified atom stereocenters. The van der Waals surface area contributed by atoms with Gasteiger partial charge >= 0.3 is 17.9 Å². The Kier molecular flexibility index (Phi) is 18.1. The van der Waals surface area contributed by atoms with E-state index in [4.69, 9.17) is 34.2 Å². The van der Waals surface area contributed by atoms with E-state index >= 15 is 0 Å². The van der Waals surface area contributed by atoms with Gasteiger partial charge in [-0.1, -0.05) is 0 Å². The summed E-state index contributed by atoms with van der Waals surface area (Å²) in [5.41, 5.74) is 2.18. The van der Waals surface area contributed by atoms with Crippen LogP contribution in [0.2, 0.25) is 0 Å². The van der Waals surface area contributed by atoms with Crippen molar-refractivity contribution in [2.75, 3.05) is 46.2 Å². The van der Waals surface area contributed by atoms with Crippen LogP contribution in [0.25, 0.3) is 0 Å². The number of carbonyl (C=O) groups is 4. The van der Waals surface area contributed by atoms with Crippen molar-refractivity contribution in [2.24, 2.45) is 5.73 Å². The SMILES string of the molecule is CC(C)(C)OC(=O)CCC(CCC(=O)OC(C)(C)C)(CCC(=O)OC(C)(C)C)NC(=O)COCCOCCOCCN. The molecular formula is C30H56N2O10. The Morgan fingerprint density at radius 3 is 1.21 bits per heavy atom. The lowest BCUT2D eigenvalue weighted by Crippen LogP contribution is -2.51. The van der Waals surface area contributed by atoms with Gasteiger partial charge in [0.2, 0.25) is 5.91 Å². The van der Waals surface area contributed by atoms with E-state index in [0.717, 1.165) is 0 Å². The first-order valence-corrected chi connectivity index (χ1v) is 14.7. The van der Waals surface area contributed by atoms with E-state index in [1.165, 1.54) is 0 Å². The van der Waals surface area contributed by atoms with Crippen LogP contribution >= 0.6 is 0 Å². The molecule has 0 saturated carbocycles. The maximum Gasteiger partial charge on any atom is 0.306 e. The van der Waals surface area contributed by atoms with Crippen molar-refractivity contribution in [2.45, 2.75) is 123 Å². The van der Waals surface area contributed by atoms with E-state index in [1.807, 2.05) is 0 Å². The molecule has 0 fully saturated rings. The average molecular weight is 605 g/mol. The highest BCUT2D eigenvalue weighted by Gasteiger charge is 2.35. The summed E-state index contributed by atoms with van der Waals surface area (Å²) in [6.07, 6.45) is 0.269. The molecule has 0 rings (SSSR count). The van der Waals surface area contributed by atoms with E-state index < -0.39 is 46.2 Å². The fraction of sp³-hybridized carbons (Fsp3) is 0.867. The van der Waals surface area contributed by atoms with Crippen LogP contribution in [0, 0.1) is 0 Å². The summed E-state index contributed by atoms with van der Waals surface area (Å²) in [5.74, 6) is -1.84. The smallest absolute Gasteiger partial charge is 0.306 e. The molecule has 0 radical (unpaired) electrons. The molecule has 0 bridgehead atoms. The van der Waals surface area contributed by atoms with Crippen molar-refractivity contribution in [1.29, 1.82) is 0 Å². The van der Waals surface area contributed by atoms with Gasteiger partial charge in [-0.3, -0.25) is 19.2 Å². The second-order valence-electron chi connectivity index (χ2n) is 13.2. The highest BCUT2D eigenvalue weighted by atomic mass is 16.6. The molecule has 0 aromatic carbocycles. The predicted octanol–water partition coefficient (Wildman–Crippen LogP) is 3.22. The molecule has 0 aromatic rings. The van der Waals surface area contributed by atoms with Crippen molar-refractivity contribution in [1.82, 2.24) is 5.32 Å². The Hall–Kier alpha value is -2.28. The third-order valence-corrected chi connectivity index (χ3v) is 5.33. The lowest BCUT2D eigenvalue weighted by atomic mass is 9.83. The molecule has 0 saturated heterocycles. The minimum Gasteiger partial charge on any atom is -0.460 e. The molecule has 0 aliphatic carbocycles. The number of hydrogen-bond donors (Lipinski definition) is 2.